The van der Waals surface area contributed by atoms with Crippen LogP contribution in [0.3, 0.4) is 0 Å². The molecule has 4 fully saturated rings. The van der Waals surface area contributed by atoms with Crippen molar-refractivity contribution in [2.45, 2.75) is 91.1 Å². The van der Waals surface area contributed by atoms with Gasteiger partial charge in [-0.2, -0.15) is 0 Å². The normalized spacial score (nSPS) is 47.7. The lowest BCUT2D eigenvalue weighted by Gasteiger charge is -2.62. The molecule has 0 aromatic heterocycles. The third kappa shape index (κ3) is 3.61. The van der Waals surface area contributed by atoms with Crippen LogP contribution < -0.4 is 0 Å². The Morgan fingerprint density at radius 3 is 2.48 bits per heavy atom. The fourth-order valence-electron chi connectivity index (χ4n) is 9.14. The Bertz CT molecular complexity index is 731. The predicted octanol–water partition coefficient (Wildman–Crippen LogP) is 5.49. The van der Waals surface area contributed by atoms with Crippen molar-refractivity contribution >= 4 is 11.8 Å². The summed E-state index contributed by atoms with van der Waals surface area (Å²) in [6.45, 7) is 11.0. The van der Waals surface area contributed by atoms with Crippen molar-refractivity contribution in [3.8, 4) is 0 Å². The summed E-state index contributed by atoms with van der Waals surface area (Å²) in [7, 11) is 0. The maximum atomic E-state index is 14.0. The van der Waals surface area contributed by atoms with Crippen molar-refractivity contribution in [3.05, 3.63) is 12.7 Å². The fourth-order valence-corrected chi connectivity index (χ4v) is 9.14. The van der Waals surface area contributed by atoms with E-state index in [9.17, 15) is 14.7 Å². The van der Waals surface area contributed by atoms with Gasteiger partial charge in [-0.15, -0.1) is 6.58 Å². The van der Waals surface area contributed by atoms with Crippen LogP contribution in [0.15, 0.2) is 12.7 Å². The molecule has 0 unspecified atom stereocenters. The van der Waals surface area contributed by atoms with Gasteiger partial charge in [0.2, 0.25) is 0 Å². The van der Waals surface area contributed by atoms with Gasteiger partial charge in [0, 0.05) is 18.3 Å². The molecule has 0 bridgehead atoms. The Morgan fingerprint density at radius 2 is 1.81 bits per heavy atom. The van der Waals surface area contributed by atoms with Gasteiger partial charge in [-0.3, -0.25) is 9.59 Å². The van der Waals surface area contributed by atoms with Crippen molar-refractivity contribution in [1.29, 1.82) is 0 Å². The highest BCUT2D eigenvalue weighted by Crippen LogP contribution is 2.68. The van der Waals surface area contributed by atoms with E-state index in [0.29, 0.717) is 29.5 Å². The van der Waals surface area contributed by atoms with E-state index in [1.54, 1.807) is 0 Å². The van der Waals surface area contributed by atoms with Crippen LogP contribution in [-0.4, -0.2) is 28.1 Å². The van der Waals surface area contributed by atoms with Gasteiger partial charge in [0.1, 0.15) is 5.78 Å². The van der Waals surface area contributed by atoms with Crippen LogP contribution in [0, 0.1) is 52.3 Å². The SMILES string of the molecule is C=CC[C@@H]1C(=O)[C@@H]2[C@H](CC[C@]3(C)[C@@H]([C@H](C)CCC(=O)O)CC[C@@H]23)[C@@]2(C)CC[C@@H](O)C[C@@H]12. The zero-order valence-electron chi connectivity index (χ0n) is 19.7. The summed E-state index contributed by atoms with van der Waals surface area (Å²) in [5.74, 6) is 1.93. The average molecular weight is 431 g/mol. The molecule has 0 amide bonds. The Hall–Kier alpha value is -1.16. The lowest BCUT2D eigenvalue weighted by Crippen LogP contribution is -2.60. The standard InChI is InChI=1S/C27H42O4/c1-5-6-18-22-15-17(28)11-13-27(22,4)21-12-14-26(3)19(16(2)7-10-23(29)30)8-9-20(26)24(21)25(18)31/h5,16-22,24,28H,1,6-15H2,2-4H3,(H,29,30)/t16-,17-,18+,19-,20+,21+,22+,24+,26-,27-/m1/s1. The van der Waals surface area contributed by atoms with Crippen LogP contribution >= 0.6 is 0 Å². The summed E-state index contributed by atoms with van der Waals surface area (Å²) in [4.78, 5) is 25.2. The topological polar surface area (TPSA) is 74.6 Å². The summed E-state index contributed by atoms with van der Waals surface area (Å²) >= 11 is 0. The molecular weight excluding hydrogens is 388 g/mol. The van der Waals surface area contributed by atoms with Crippen molar-refractivity contribution in [3.63, 3.8) is 0 Å². The minimum atomic E-state index is -0.705. The molecule has 4 heteroatoms. The number of Topliss-reactive ketones (excluding diaryl/α,β-unsaturated/α-hetero) is 1. The van der Waals surface area contributed by atoms with E-state index >= 15 is 0 Å². The van der Waals surface area contributed by atoms with Crippen molar-refractivity contribution in [2.24, 2.45) is 52.3 Å². The summed E-state index contributed by atoms with van der Waals surface area (Å²) in [5.41, 5.74) is 0.282. The number of rotatable bonds is 6. The number of carboxylic acids is 1. The first kappa shape index (κ1) is 23.0. The second kappa shape index (κ2) is 8.32. The lowest BCUT2D eigenvalue weighted by atomic mass is 9.42. The number of allylic oxidation sites excluding steroid dienone is 1. The van der Waals surface area contributed by atoms with Gasteiger partial charge in [0.25, 0.3) is 0 Å². The van der Waals surface area contributed by atoms with Crippen LogP contribution in [0.2, 0.25) is 0 Å². The smallest absolute Gasteiger partial charge is 0.303 e. The molecule has 4 nitrogen and oxygen atoms in total. The molecule has 0 aromatic carbocycles. The summed E-state index contributed by atoms with van der Waals surface area (Å²) in [6.07, 6.45) is 10.5. The largest absolute Gasteiger partial charge is 0.481 e. The Balaban J connectivity index is 1.64. The monoisotopic (exact) mass is 430 g/mol. The van der Waals surface area contributed by atoms with E-state index in [4.69, 9.17) is 5.11 Å². The Labute approximate surface area is 187 Å². The van der Waals surface area contributed by atoms with Crippen LogP contribution in [0.25, 0.3) is 0 Å². The maximum Gasteiger partial charge on any atom is 0.303 e. The Kier molecular flexibility index (Phi) is 6.17. The number of carbonyl (C=O) groups is 2. The molecule has 2 N–H and O–H groups in total. The van der Waals surface area contributed by atoms with Gasteiger partial charge in [-0.05, 0) is 98.2 Å². The molecule has 4 aliphatic carbocycles. The highest BCUT2D eigenvalue weighted by atomic mass is 16.4. The van der Waals surface area contributed by atoms with Gasteiger partial charge in [-0.25, -0.2) is 0 Å². The molecule has 4 aliphatic rings. The molecule has 0 saturated heterocycles. The van der Waals surface area contributed by atoms with Crippen LogP contribution in [0.1, 0.15) is 85.0 Å². The summed E-state index contributed by atoms with van der Waals surface area (Å²) in [5, 5.41) is 19.6. The fraction of sp³-hybridized carbons (Fsp3) is 0.852. The molecule has 0 heterocycles. The number of fused-ring (bicyclic) bond motifs is 5. The molecular formula is C27H42O4. The molecule has 0 spiro atoms. The third-order valence-electron chi connectivity index (χ3n) is 10.7. The van der Waals surface area contributed by atoms with Gasteiger partial charge >= 0.3 is 5.97 Å². The van der Waals surface area contributed by atoms with Gasteiger partial charge < -0.3 is 10.2 Å². The highest BCUT2D eigenvalue weighted by molar-refractivity contribution is 5.86. The summed E-state index contributed by atoms with van der Waals surface area (Å²) in [6, 6.07) is 0. The van der Waals surface area contributed by atoms with E-state index in [1.807, 2.05) is 6.08 Å². The van der Waals surface area contributed by atoms with E-state index in [1.165, 1.54) is 0 Å². The number of aliphatic carboxylic acids is 1. The molecule has 4 rings (SSSR count). The minimum absolute atomic E-state index is 0.00420. The number of carboxylic acid groups (broad SMARTS) is 1. The van der Waals surface area contributed by atoms with Gasteiger partial charge in [-0.1, -0.05) is 26.8 Å². The average Bonchev–Trinajstić information content (AvgIpc) is 3.07. The minimum Gasteiger partial charge on any atom is -0.481 e. The Morgan fingerprint density at radius 1 is 1.13 bits per heavy atom. The number of aliphatic hydroxyl groups is 1. The van der Waals surface area contributed by atoms with Crippen molar-refractivity contribution in [1.82, 2.24) is 0 Å². The number of hydrogen-bond donors (Lipinski definition) is 2. The second-order valence-electron chi connectivity index (χ2n) is 12.0. The zero-order chi connectivity index (χ0) is 22.6. The van der Waals surface area contributed by atoms with Gasteiger partial charge in [0.15, 0.2) is 0 Å². The first-order valence-corrected chi connectivity index (χ1v) is 12.7. The quantitative estimate of drug-likeness (QED) is 0.547. The third-order valence-corrected chi connectivity index (χ3v) is 10.7. The summed E-state index contributed by atoms with van der Waals surface area (Å²) < 4.78 is 0. The number of hydrogen-bond acceptors (Lipinski definition) is 3. The molecule has 0 radical (unpaired) electrons. The predicted molar refractivity (Wildman–Crippen MR) is 121 cm³/mol. The molecule has 0 aromatic rings. The molecule has 10 atom stereocenters. The van der Waals surface area contributed by atoms with Gasteiger partial charge in [0.05, 0.1) is 6.10 Å². The van der Waals surface area contributed by atoms with Crippen molar-refractivity contribution < 1.29 is 19.8 Å². The maximum absolute atomic E-state index is 14.0. The van der Waals surface area contributed by atoms with Crippen LogP contribution in [-0.2, 0) is 9.59 Å². The first-order chi connectivity index (χ1) is 14.6. The first-order valence-electron chi connectivity index (χ1n) is 12.7. The number of carbonyl (C=O) groups excluding carboxylic acids is 1. The molecule has 174 valence electrons. The van der Waals surface area contributed by atoms with Crippen LogP contribution in [0.4, 0.5) is 0 Å². The highest BCUT2D eigenvalue weighted by Gasteiger charge is 2.65. The van der Waals surface area contributed by atoms with Crippen LogP contribution in [0.5, 0.6) is 0 Å². The molecule has 4 saturated carbocycles. The number of aliphatic hydroxyl groups excluding tert-OH is 1. The van der Waals surface area contributed by atoms with E-state index in [2.05, 4.69) is 27.4 Å². The second-order valence-corrected chi connectivity index (χ2v) is 12.0. The zero-order valence-corrected chi connectivity index (χ0v) is 19.7. The van der Waals surface area contributed by atoms with Crippen molar-refractivity contribution in [2.75, 3.05) is 0 Å². The van der Waals surface area contributed by atoms with E-state index < -0.39 is 5.97 Å². The van der Waals surface area contributed by atoms with E-state index in [-0.39, 0.29) is 41.1 Å². The van der Waals surface area contributed by atoms with E-state index in [0.717, 1.165) is 57.8 Å². The molecule has 0 aliphatic heterocycles. The molecule has 31 heavy (non-hydrogen) atoms. The lowest BCUT2D eigenvalue weighted by molar-refractivity contribution is -0.172. The number of ketones is 1.